The van der Waals surface area contributed by atoms with Crippen molar-refractivity contribution < 1.29 is 35.9 Å². The number of likely N-dealkylation sites (tertiary alicyclic amines) is 1. The maximum atomic E-state index is 13.1. The summed E-state index contributed by atoms with van der Waals surface area (Å²) in [6, 6.07) is 7.46. The summed E-state index contributed by atoms with van der Waals surface area (Å²) in [4.78, 5) is 37.8. The topological polar surface area (TPSA) is 119 Å². The van der Waals surface area contributed by atoms with Crippen LogP contribution in [-0.2, 0) is 11.0 Å². The smallest absolute Gasteiger partial charge is 0.382 e. The van der Waals surface area contributed by atoms with E-state index in [9.17, 15) is 35.9 Å². The molecule has 1 fully saturated rings. The number of hydrogen-bond acceptors (Lipinski definition) is 6. The van der Waals surface area contributed by atoms with Gasteiger partial charge in [-0.15, -0.1) is 0 Å². The van der Waals surface area contributed by atoms with Crippen LogP contribution in [0.3, 0.4) is 0 Å². The Balaban J connectivity index is 1.42. The van der Waals surface area contributed by atoms with Crippen molar-refractivity contribution in [2.45, 2.75) is 31.1 Å². The van der Waals surface area contributed by atoms with E-state index in [-0.39, 0.29) is 30.3 Å². The average Bonchev–Trinajstić information content (AvgIpc) is 3.33. The first kappa shape index (κ1) is 27.9. The number of carbonyl (C=O) groups excluding carboxylic acids is 2. The highest BCUT2D eigenvalue weighted by Gasteiger charge is 2.44. The van der Waals surface area contributed by atoms with Crippen LogP contribution in [-0.4, -0.2) is 55.3 Å². The Kier molecular flexibility index (Phi) is 7.05. The van der Waals surface area contributed by atoms with E-state index in [1.165, 1.54) is 18.3 Å². The van der Waals surface area contributed by atoms with Gasteiger partial charge in [0.1, 0.15) is 28.7 Å². The van der Waals surface area contributed by atoms with Crippen molar-refractivity contribution in [2.75, 3.05) is 24.1 Å². The molecule has 0 aliphatic carbocycles. The molecule has 9 nitrogen and oxygen atoms in total. The fourth-order valence-electron chi connectivity index (χ4n) is 4.77. The lowest BCUT2D eigenvalue weighted by Gasteiger charge is -2.32. The Hall–Kier alpha value is -4.69. The number of nitrogens with zero attached hydrogens (tertiary/aromatic N) is 5. The standard InChI is InChI=1S/C26H21F6N7O2/c27-25(28,29)17-7-8-34-18(12-17)36-23(40)15-5-3-14(4-6-15)19-20-21(33)35-9-11-39(20)22(37-19)16-2-1-10-38(13-16)24(41)26(30,31)32/h3-9,11-12,16H,1-2,10,13H2,(H2,33,35)(H,34,36,40). The van der Waals surface area contributed by atoms with Gasteiger partial charge in [0, 0.05) is 48.7 Å². The van der Waals surface area contributed by atoms with Crippen molar-refractivity contribution in [2.24, 2.45) is 0 Å². The predicted molar refractivity (Wildman–Crippen MR) is 135 cm³/mol. The summed E-state index contributed by atoms with van der Waals surface area (Å²) in [6.07, 6.45) is -4.81. The third-order valence-corrected chi connectivity index (χ3v) is 6.68. The van der Waals surface area contributed by atoms with Crippen LogP contribution in [0.15, 0.2) is 55.0 Å². The molecule has 4 aromatic rings. The van der Waals surface area contributed by atoms with E-state index in [1.54, 1.807) is 22.7 Å². The second-order valence-corrected chi connectivity index (χ2v) is 9.40. The monoisotopic (exact) mass is 577 g/mol. The summed E-state index contributed by atoms with van der Waals surface area (Å²) >= 11 is 0. The van der Waals surface area contributed by atoms with Gasteiger partial charge < -0.3 is 16.0 Å². The number of halogens is 6. The quantitative estimate of drug-likeness (QED) is 0.333. The molecular formula is C26H21F6N7O2. The van der Waals surface area contributed by atoms with Crippen molar-refractivity contribution in [3.8, 4) is 11.3 Å². The summed E-state index contributed by atoms with van der Waals surface area (Å²) in [6.45, 7) is -0.198. The lowest BCUT2D eigenvalue weighted by molar-refractivity contribution is -0.186. The maximum Gasteiger partial charge on any atom is 0.471 e. The number of fused-ring (bicyclic) bond motifs is 1. The van der Waals surface area contributed by atoms with E-state index >= 15 is 0 Å². The van der Waals surface area contributed by atoms with Crippen molar-refractivity contribution in [1.29, 1.82) is 0 Å². The van der Waals surface area contributed by atoms with Crippen LogP contribution in [0.25, 0.3) is 16.8 Å². The number of anilines is 2. The number of nitrogen functional groups attached to an aromatic ring is 1. The summed E-state index contributed by atoms with van der Waals surface area (Å²) in [7, 11) is 0. The normalized spacial score (nSPS) is 16.1. The van der Waals surface area contributed by atoms with Crippen LogP contribution in [0.5, 0.6) is 0 Å². The van der Waals surface area contributed by atoms with E-state index in [0.717, 1.165) is 23.2 Å². The Morgan fingerprint density at radius 3 is 2.41 bits per heavy atom. The van der Waals surface area contributed by atoms with E-state index in [1.807, 2.05) is 0 Å². The van der Waals surface area contributed by atoms with Crippen LogP contribution >= 0.6 is 0 Å². The SMILES string of the molecule is Nc1nccn2c(C3CCCN(C(=O)C(F)(F)F)C3)nc(-c3ccc(C(=O)Nc4cc(C(F)(F)F)ccn4)cc3)c12. The van der Waals surface area contributed by atoms with E-state index in [2.05, 4.69) is 20.3 Å². The number of alkyl halides is 6. The molecule has 4 heterocycles. The van der Waals surface area contributed by atoms with Gasteiger partial charge in [-0.2, -0.15) is 26.3 Å². The fraction of sp³-hybridized carbons (Fsp3) is 0.269. The molecular weight excluding hydrogens is 556 g/mol. The third kappa shape index (κ3) is 5.64. The lowest BCUT2D eigenvalue weighted by Crippen LogP contribution is -2.46. The van der Waals surface area contributed by atoms with Gasteiger partial charge in [0.15, 0.2) is 0 Å². The summed E-state index contributed by atoms with van der Waals surface area (Å²) in [5.41, 5.74) is 6.55. The zero-order chi connectivity index (χ0) is 29.5. The summed E-state index contributed by atoms with van der Waals surface area (Å²) in [5, 5.41) is 2.33. The van der Waals surface area contributed by atoms with Crippen molar-refractivity contribution >= 4 is 29.0 Å². The van der Waals surface area contributed by atoms with Gasteiger partial charge in [0.25, 0.3) is 5.91 Å². The molecule has 0 spiro atoms. The molecule has 41 heavy (non-hydrogen) atoms. The highest BCUT2D eigenvalue weighted by molar-refractivity contribution is 6.04. The molecule has 0 radical (unpaired) electrons. The number of hydrogen-bond donors (Lipinski definition) is 2. The van der Waals surface area contributed by atoms with Crippen molar-refractivity contribution in [1.82, 2.24) is 24.3 Å². The number of rotatable bonds is 4. The van der Waals surface area contributed by atoms with Crippen LogP contribution in [0, 0.1) is 0 Å². The molecule has 1 aromatic carbocycles. The molecule has 15 heteroatoms. The predicted octanol–water partition coefficient (Wildman–Crippen LogP) is 4.91. The van der Waals surface area contributed by atoms with E-state index < -0.39 is 35.6 Å². The van der Waals surface area contributed by atoms with E-state index in [0.29, 0.717) is 35.4 Å². The molecule has 1 atom stereocenters. The van der Waals surface area contributed by atoms with Gasteiger partial charge in [-0.05, 0) is 37.1 Å². The first-order valence-electron chi connectivity index (χ1n) is 12.3. The minimum Gasteiger partial charge on any atom is -0.382 e. The summed E-state index contributed by atoms with van der Waals surface area (Å²) in [5.74, 6) is -2.87. The van der Waals surface area contributed by atoms with Gasteiger partial charge in [0.2, 0.25) is 0 Å². The Bertz CT molecular complexity index is 1620. The Morgan fingerprint density at radius 1 is 1.00 bits per heavy atom. The van der Waals surface area contributed by atoms with Gasteiger partial charge in [-0.3, -0.25) is 14.0 Å². The molecule has 0 bridgehead atoms. The lowest BCUT2D eigenvalue weighted by atomic mass is 9.97. The minimum absolute atomic E-state index is 0.0196. The number of carbonyl (C=O) groups is 2. The van der Waals surface area contributed by atoms with Crippen LogP contribution < -0.4 is 11.1 Å². The van der Waals surface area contributed by atoms with Crippen molar-refractivity contribution in [3.63, 3.8) is 0 Å². The first-order chi connectivity index (χ1) is 19.3. The van der Waals surface area contributed by atoms with Crippen LogP contribution in [0.1, 0.15) is 40.5 Å². The van der Waals surface area contributed by atoms with Crippen LogP contribution in [0.4, 0.5) is 38.0 Å². The first-order valence-corrected chi connectivity index (χ1v) is 12.3. The second kappa shape index (κ2) is 10.4. The highest BCUT2D eigenvalue weighted by Crippen LogP contribution is 2.35. The summed E-state index contributed by atoms with van der Waals surface area (Å²) < 4.78 is 79.7. The molecule has 1 aliphatic heterocycles. The molecule has 2 amide bonds. The van der Waals surface area contributed by atoms with Crippen LogP contribution in [0.2, 0.25) is 0 Å². The number of pyridine rings is 1. The minimum atomic E-state index is -4.98. The molecule has 3 aromatic heterocycles. The number of nitrogens with two attached hydrogens (primary N) is 1. The molecule has 1 saturated heterocycles. The molecule has 5 rings (SSSR count). The number of amides is 2. The zero-order valence-corrected chi connectivity index (χ0v) is 21.0. The molecule has 1 unspecified atom stereocenters. The molecule has 1 aliphatic rings. The number of piperidine rings is 1. The van der Waals surface area contributed by atoms with Gasteiger partial charge in [-0.25, -0.2) is 15.0 Å². The number of nitrogens with one attached hydrogen (secondary N) is 1. The zero-order valence-electron chi connectivity index (χ0n) is 21.0. The van der Waals surface area contributed by atoms with Crippen molar-refractivity contribution in [3.05, 3.63) is 71.9 Å². The second-order valence-electron chi connectivity index (χ2n) is 9.40. The largest absolute Gasteiger partial charge is 0.471 e. The molecule has 0 saturated carbocycles. The number of aromatic nitrogens is 4. The number of imidazole rings is 1. The van der Waals surface area contributed by atoms with Gasteiger partial charge >= 0.3 is 18.3 Å². The molecule has 3 N–H and O–H groups in total. The molecule has 214 valence electrons. The third-order valence-electron chi connectivity index (χ3n) is 6.68. The van der Waals surface area contributed by atoms with Gasteiger partial charge in [-0.1, -0.05) is 12.1 Å². The highest BCUT2D eigenvalue weighted by atomic mass is 19.4. The average molecular weight is 577 g/mol. The Labute approximate surface area is 228 Å². The number of benzene rings is 1. The Morgan fingerprint density at radius 2 is 1.73 bits per heavy atom. The van der Waals surface area contributed by atoms with E-state index in [4.69, 9.17) is 5.73 Å². The fourth-order valence-corrected chi connectivity index (χ4v) is 4.77. The maximum absolute atomic E-state index is 13.1. The van der Waals surface area contributed by atoms with Gasteiger partial charge in [0.05, 0.1) is 5.56 Å².